The number of hydrogen-bond acceptors (Lipinski definition) is 6. The van der Waals surface area contributed by atoms with Gasteiger partial charge in [0.25, 0.3) is 0 Å². The number of rotatable bonds is 10. The zero-order valence-electron chi connectivity index (χ0n) is 19.3. The van der Waals surface area contributed by atoms with Crippen molar-refractivity contribution >= 4 is 29.8 Å². The van der Waals surface area contributed by atoms with Crippen LogP contribution in [0.3, 0.4) is 0 Å². The van der Waals surface area contributed by atoms with E-state index in [-0.39, 0.29) is 24.1 Å². The molecule has 9 heteroatoms. The van der Waals surface area contributed by atoms with Crippen LogP contribution in [-0.4, -0.2) is 33.1 Å². The van der Waals surface area contributed by atoms with Crippen molar-refractivity contribution in [2.24, 2.45) is 5.73 Å². The number of carbonyl (C=O) groups excluding carboxylic acids is 1. The van der Waals surface area contributed by atoms with Crippen LogP contribution in [0.4, 0.5) is 5.69 Å². The van der Waals surface area contributed by atoms with Gasteiger partial charge in [0.1, 0.15) is 11.9 Å². The Kier molecular flexibility index (Phi) is 9.58. The van der Waals surface area contributed by atoms with Crippen molar-refractivity contribution in [3.63, 3.8) is 0 Å². The number of nitrogens with one attached hydrogen (secondary N) is 3. The minimum Gasteiger partial charge on any atom is -0.493 e. The molecule has 0 spiro atoms. The van der Waals surface area contributed by atoms with E-state index in [1.165, 1.54) is 21.3 Å². The van der Waals surface area contributed by atoms with Crippen molar-refractivity contribution in [2.75, 3.05) is 26.6 Å². The van der Waals surface area contributed by atoms with E-state index in [9.17, 15) is 4.79 Å². The molecule has 0 fully saturated rings. The lowest BCUT2D eigenvalue weighted by Gasteiger charge is -2.24. The third-order valence-corrected chi connectivity index (χ3v) is 5.12. The molecule has 0 bridgehead atoms. The molecule has 3 aromatic rings. The number of nitrogens with two attached hydrogens (primary N) is 1. The number of benzene rings is 3. The molecule has 3 rings (SSSR count). The molecule has 0 saturated heterocycles. The van der Waals surface area contributed by atoms with Crippen LogP contribution in [0, 0.1) is 5.41 Å². The van der Waals surface area contributed by atoms with Crippen molar-refractivity contribution in [3.05, 3.63) is 83.4 Å². The summed E-state index contributed by atoms with van der Waals surface area (Å²) in [5.41, 5.74) is 8.38. The second-order valence-electron chi connectivity index (χ2n) is 7.20. The van der Waals surface area contributed by atoms with Crippen molar-refractivity contribution in [1.29, 1.82) is 5.41 Å². The number of nitrogen functional groups attached to an aromatic ring is 1. The summed E-state index contributed by atoms with van der Waals surface area (Å²) in [6, 6.07) is 19.3. The van der Waals surface area contributed by atoms with Gasteiger partial charge < -0.3 is 30.6 Å². The molecule has 180 valence electrons. The van der Waals surface area contributed by atoms with E-state index < -0.39 is 6.04 Å². The molecule has 0 radical (unpaired) electrons. The lowest BCUT2D eigenvalue weighted by molar-refractivity contribution is -0.122. The maximum Gasteiger partial charge on any atom is 0.247 e. The topological polar surface area (TPSA) is 119 Å². The van der Waals surface area contributed by atoms with Crippen LogP contribution < -0.4 is 30.6 Å². The van der Waals surface area contributed by atoms with Gasteiger partial charge in [-0.25, -0.2) is 0 Å². The second kappa shape index (κ2) is 12.4. The van der Waals surface area contributed by atoms with E-state index >= 15 is 0 Å². The first-order valence-electron chi connectivity index (χ1n) is 10.3. The number of amidine groups is 1. The Labute approximate surface area is 205 Å². The average Bonchev–Trinajstić information content (AvgIpc) is 2.85. The summed E-state index contributed by atoms with van der Waals surface area (Å²) < 4.78 is 16.5. The van der Waals surface area contributed by atoms with Gasteiger partial charge in [0.05, 0.1) is 21.3 Å². The standard InChI is InChI=1S/C25H28N4O4.ClH/c1-31-20-14-13-19(22(32-2)23(20)33-3)21(25(30)28-15-16-7-5-4-6-8-16)29-18-11-9-17(10-12-18)24(26)27;/h4-14,21,29H,15H2,1-3H3,(H3,26,27)(H,28,30);1H/t21-;/m1./s1. The predicted octanol–water partition coefficient (Wildman–Crippen LogP) is 3.89. The fourth-order valence-electron chi connectivity index (χ4n) is 3.44. The average molecular weight is 485 g/mol. The monoisotopic (exact) mass is 484 g/mol. The van der Waals surface area contributed by atoms with Crippen LogP contribution >= 0.6 is 12.4 Å². The number of carbonyl (C=O) groups is 1. The van der Waals surface area contributed by atoms with Gasteiger partial charge in [-0.15, -0.1) is 12.4 Å². The summed E-state index contributed by atoms with van der Waals surface area (Å²) in [6.45, 7) is 0.372. The molecule has 5 N–H and O–H groups in total. The molecule has 8 nitrogen and oxygen atoms in total. The van der Waals surface area contributed by atoms with Gasteiger partial charge in [-0.2, -0.15) is 0 Å². The fourth-order valence-corrected chi connectivity index (χ4v) is 3.44. The number of anilines is 1. The normalized spacial score (nSPS) is 10.9. The highest BCUT2D eigenvalue weighted by molar-refractivity contribution is 5.95. The first-order valence-corrected chi connectivity index (χ1v) is 10.3. The quantitative estimate of drug-likeness (QED) is 0.256. The van der Waals surface area contributed by atoms with Crippen molar-refractivity contribution in [3.8, 4) is 17.2 Å². The Bertz CT molecular complexity index is 1110. The number of hydrogen-bond donors (Lipinski definition) is 4. The summed E-state index contributed by atoms with van der Waals surface area (Å²) in [7, 11) is 4.57. The molecule has 0 aliphatic heterocycles. The molecule has 0 heterocycles. The van der Waals surface area contributed by atoms with Crippen molar-refractivity contribution in [1.82, 2.24) is 5.32 Å². The molecule has 3 aromatic carbocycles. The van der Waals surface area contributed by atoms with Gasteiger partial charge in [-0.05, 0) is 42.0 Å². The van der Waals surface area contributed by atoms with Gasteiger partial charge in [-0.1, -0.05) is 30.3 Å². The van der Waals surface area contributed by atoms with Crippen LogP contribution in [0.1, 0.15) is 22.7 Å². The van der Waals surface area contributed by atoms with Crippen LogP contribution in [-0.2, 0) is 11.3 Å². The lowest BCUT2D eigenvalue weighted by Crippen LogP contribution is -2.33. The fraction of sp³-hybridized carbons (Fsp3) is 0.200. The minimum atomic E-state index is -0.799. The Morgan fingerprint density at radius 3 is 2.12 bits per heavy atom. The largest absolute Gasteiger partial charge is 0.493 e. The third kappa shape index (κ3) is 6.11. The van der Waals surface area contributed by atoms with Gasteiger partial charge in [0.2, 0.25) is 11.7 Å². The molecular formula is C25H29ClN4O4. The second-order valence-corrected chi connectivity index (χ2v) is 7.20. The predicted molar refractivity (Wildman–Crippen MR) is 135 cm³/mol. The maximum absolute atomic E-state index is 13.4. The highest BCUT2D eigenvalue weighted by Crippen LogP contribution is 2.42. The highest BCUT2D eigenvalue weighted by Gasteiger charge is 2.27. The number of ether oxygens (including phenoxy) is 3. The highest BCUT2D eigenvalue weighted by atomic mass is 35.5. The van der Waals surface area contributed by atoms with Crippen LogP contribution in [0.5, 0.6) is 17.2 Å². The summed E-state index contributed by atoms with van der Waals surface area (Å²) in [5.74, 6) is 1.00. The minimum absolute atomic E-state index is 0. The first kappa shape index (κ1) is 26.3. The molecule has 1 atom stereocenters. The summed E-state index contributed by atoms with van der Waals surface area (Å²) in [6.07, 6.45) is 0. The zero-order valence-corrected chi connectivity index (χ0v) is 20.1. The van der Waals surface area contributed by atoms with Gasteiger partial charge in [0.15, 0.2) is 11.5 Å². The molecule has 0 aliphatic carbocycles. The van der Waals surface area contributed by atoms with E-state index in [4.69, 9.17) is 25.4 Å². The Morgan fingerprint density at radius 1 is 0.912 bits per heavy atom. The van der Waals surface area contributed by atoms with Crippen molar-refractivity contribution in [2.45, 2.75) is 12.6 Å². The van der Waals surface area contributed by atoms with E-state index in [1.54, 1.807) is 36.4 Å². The first-order chi connectivity index (χ1) is 16.0. The Balaban J connectivity index is 0.00000408. The van der Waals surface area contributed by atoms with Crippen molar-refractivity contribution < 1.29 is 19.0 Å². The molecule has 0 unspecified atom stereocenters. The molecule has 0 saturated carbocycles. The number of methoxy groups -OCH3 is 3. The van der Waals surface area contributed by atoms with Crippen LogP contribution in [0.25, 0.3) is 0 Å². The van der Waals surface area contributed by atoms with E-state index in [0.717, 1.165) is 5.56 Å². The number of halogens is 1. The van der Waals surface area contributed by atoms with Gasteiger partial charge >= 0.3 is 0 Å². The SMILES string of the molecule is COc1ccc([C@@H](Nc2ccc(C(=N)N)cc2)C(=O)NCc2ccccc2)c(OC)c1OC.Cl. The molecular weight excluding hydrogens is 456 g/mol. The smallest absolute Gasteiger partial charge is 0.247 e. The van der Waals surface area contributed by atoms with E-state index in [0.29, 0.717) is 40.6 Å². The maximum atomic E-state index is 13.4. The molecule has 34 heavy (non-hydrogen) atoms. The molecule has 0 aliphatic rings. The van der Waals surface area contributed by atoms with Crippen LogP contribution in [0.15, 0.2) is 66.7 Å². The van der Waals surface area contributed by atoms with E-state index in [1.807, 2.05) is 30.3 Å². The molecule has 1 amide bonds. The molecule has 0 aromatic heterocycles. The van der Waals surface area contributed by atoms with Crippen LogP contribution in [0.2, 0.25) is 0 Å². The Morgan fingerprint density at radius 2 is 1.56 bits per heavy atom. The summed E-state index contributed by atoms with van der Waals surface area (Å²) in [4.78, 5) is 13.4. The number of amides is 1. The summed E-state index contributed by atoms with van der Waals surface area (Å²) >= 11 is 0. The third-order valence-electron chi connectivity index (χ3n) is 5.12. The van der Waals surface area contributed by atoms with E-state index in [2.05, 4.69) is 10.6 Å². The zero-order chi connectivity index (χ0) is 23.8. The van der Waals surface area contributed by atoms with Gasteiger partial charge in [0, 0.05) is 23.4 Å². The Hall–Kier alpha value is -3.91. The summed E-state index contributed by atoms with van der Waals surface area (Å²) in [5, 5.41) is 13.8. The lowest BCUT2D eigenvalue weighted by atomic mass is 10.0. The van der Waals surface area contributed by atoms with Gasteiger partial charge in [-0.3, -0.25) is 10.2 Å².